The van der Waals surface area contributed by atoms with Gasteiger partial charge in [0.15, 0.2) is 0 Å². The van der Waals surface area contributed by atoms with Crippen molar-refractivity contribution < 1.29 is 51.0 Å². The first-order chi connectivity index (χ1) is 10.8. The molecule has 25 heavy (non-hydrogen) atoms. The molecule has 0 nitrogen and oxygen atoms in total. The molecule has 0 fully saturated rings. The third-order valence-corrected chi connectivity index (χ3v) is 4.32. The second-order valence-corrected chi connectivity index (χ2v) is 5.73. The standard InChI is InChI=1S/C13H9.C9H13.2ClH.Zr/c1-3-7-12-10(5-1)9-11-6-2-4-8-13(11)12;1-3-8-5-6-9(4-2)7-8;;;/h1-5,7-8H,9H2;5-7H,3-4H2,1-2H3;2*1H;/q2*-1;;;+4/p-2. The van der Waals surface area contributed by atoms with Crippen LogP contribution in [0.3, 0.4) is 0 Å². The molecule has 0 saturated heterocycles. The van der Waals surface area contributed by atoms with Gasteiger partial charge in [0, 0.05) is 0 Å². The Kier molecular flexibility index (Phi) is 11.4. The number of rotatable bonds is 2. The summed E-state index contributed by atoms with van der Waals surface area (Å²) in [4.78, 5) is 0. The van der Waals surface area contributed by atoms with Crippen LogP contribution in [-0.2, 0) is 45.5 Å². The van der Waals surface area contributed by atoms with Crippen LogP contribution in [0.25, 0.3) is 11.1 Å². The van der Waals surface area contributed by atoms with Crippen LogP contribution < -0.4 is 24.8 Å². The molecule has 128 valence electrons. The van der Waals surface area contributed by atoms with Crippen molar-refractivity contribution >= 4 is 0 Å². The second kappa shape index (κ2) is 11.8. The van der Waals surface area contributed by atoms with Gasteiger partial charge in [0.2, 0.25) is 0 Å². The molecule has 0 aromatic heterocycles. The molecule has 0 aliphatic heterocycles. The van der Waals surface area contributed by atoms with Crippen LogP contribution in [0.15, 0.2) is 60.7 Å². The summed E-state index contributed by atoms with van der Waals surface area (Å²) in [7, 11) is 0. The van der Waals surface area contributed by atoms with Crippen LogP contribution in [-0.4, -0.2) is 0 Å². The van der Waals surface area contributed by atoms with Crippen molar-refractivity contribution in [2.75, 3.05) is 0 Å². The summed E-state index contributed by atoms with van der Waals surface area (Å²) in [6.45, 7) is 4.38. The molecule has 1 aliphatic rings. The predicted octanol–water partition coefficient (Wildman–Crippen LogP) is -0.406. The Bertz CT molecular complexity index is 700. The zero-order valence-electron chi connectivity index (χ0n) is 14.7. The molecule has 0 heterocycles. The van der Waals surface area contributed by atoms with Gasteiger partial charge in [-0.05, 0) is 6.42 Å². The van der Waals surface area contributed by atoms with Gasteiger partial charge in [0.25, 0.3) is 0 Å². The Balaban J connectivity index is 0.000000435. The van der Waals surface area contributed by atoms with Gasteiger partial charge < -0.3 is 24.8 Å². The fourth-order valence-corrected chi connectivity index (χ4v) is 2.99. The fraction of sp³-hybridized carbons (Fsp3) is 0.227. The van der Waals surface area contributed by atoms with Crippen molar-refractivity contribution in [1.82, 2.24) is 0 Å². The average Bonchev–Trinajstić information content (AvgIpc) is 3.19. The molecule has 3 aromatic rings. The van der Waals surface area contributed by atoms with E-state index >= 15 is 0 Å². The first-order valence-corrected chi connectivity index (χ1v) is 8.14. The molecule has 3 aromatic carbocycles. The summed E-state index contributed by atoms with van der Waals surface area (Å²) < 4.78 is 0. The maximum Gasteiger partial charge on any atom is 4.00 e. The molecular formula is C22H22Cl2Zr. The van der Waals surface area contributed by atoms with Gasteiger partial charge in [-0.15, -0.1) is 5.56 Å². The summed E-state index contributed by atoms with van der Waals surface area (Å²) in [6.07, 6.45) is 3.38. The van der Waals surface area contributed by atoms with E-state index in [4.69, 9.17) is 0 Å². The number of aryl methyl sites for hydroxylation is 2. The minimum Gasteiger partial charge on any atom is -1.00 e. The van der Waals surface area contributed by atoms with Crippen molar-refractivity contribution in [1.29, 1.82) is 0 Å². The maximum absolute atomic E-state index is 3.30. The fourth-order valence-electron chi connectivity index (χ4n) is 2.99. The molecule has 0 unspecified atom stereocenters. The Morgan fingerprint density at radius 1 is 0.840 bits per heavy atom. The van der Waals surface area contributed by atoms with E-state index in [1.165, 1.54) is 46.2 Å². The predicted molar refractivity (Wildman–Crippen MR) is 94.3 cm³/mol. The number of fused-ring (bicyclic) bond motifs is 3. The van der Waals surface area contributed by atoms with E-state index in [2.05, 4.69) is 74.5 Å². The van der Waals surface area contributed by atoms with Crippen LogP contribution in [0.5, 0.6) is 0 Å². The van der Waals surface area contributed by atoms with E-state index in [9.17, 15) is 0 Å². The molecule has 3 heteroatoms. The Hall–Kier alpha value is -0.747. The Morgan fingerprint density at radius 3 is 2.04 bits per heavy atom. The topological polar surface area (TPSA) is 0 Å². The first kappa shape index (κ1) is 24.3. The second-order valence-electron chi connectivity index (χ2n) is 5.73. The SMILES string of the molecule is CCc1ccc(CC)[cH-]1.[Cl-].[Cl-].[Zr+4].[c-]1cccc2c1Cc1ccccc1-2. The molecule has 0 bridgehead atoms. The summed E-state index contributed by atoms with van der Waals surface area (Å²) in [6, 6.07) is 24.8. The average molecular weight is 449 g/mol. The molecule has 0 N–H and O–H groups in total. The number of hydrogen-bond acceptors (Lipinski definition) is 0. The molecule has 0 saturated carbocycles. The van der Waals surface area contributed by atoms with Crippen molar-refractivity contribution in [3.63, 3.8) is 0 Å². The van der Waals surface area contributed by atoms with Gasteiger partial charge in [-0.25, -0.2) is 12.1 Å². The molecule has 4 rings (SSSR count). The van der Waals surface area contributed by atoms with Gasteiger partial charge in [-0.2, -0.15) is 47.0 Å². The van der Waals surface area contributed by atoms with Crippen molar-refractivity contribution in [3.05, 3.63) is 89.0 Å². The van der Waals surface area contributed by atoms with E-state index in [0.717, 1.165) is 6.42 Å². The Labute approximate surface area is 183 Å². The quantitative estimate of drug-likeness (QED) is 0.366. The van der Waals surface area contributed by atoms with Gasteiger partial charge >= 0.3 is 26.2 Å². The van der Waals surface area contributed by atoms with Gasteiger partial charge in [0.05, 0.1) is 0 Å². The third kappa shape index (κ3) is 5.88. The summed E-state index contributed by atoms with van der Waals surface area (Å²) in [5, 5.41) is 0. The van der Waals surface area contributed by atoms with E-state index in [1.54, 1.807) is 0 Å². The number of hydrogen-bond donors (Lipinski definition) is 0. The third-order valence-electron chi connectivity index (χ3n) is 4.32. The van der Waals surface area contributed by atoms with Crippen molar-refractivity contribution in [3.8, 4) is 11.1 Å². The Morgan fingerprint density at radius 2 is 1.44 bits per heavy atom. The first-order valence-electron chi connectivity index (χ1n) is 8.14. The van der Waals surface area contributed by atoms with Crippen LogP contribution in [0.4, 0.5) is 0 Å². The summed E-state index contributed by atoms with van der Waals surface area (Å²) in [5.41, 5.74) is 8.44. The minimum atomic E-state index is 0. The van der Waals surface area contributed by atoms with Crippen molar-refractivity contribution in [2.24, 2.45) is 0 Å². The molecule has 0 spiro atoms. The number of halogens is 2. The van der Waals surface area contributed by atoms with E-state index in [1.807, 2.05) is 6.07 Å². The monoisotopic (exact) mass is 446 g/mol. The van der Waals surface area contributed by atoms with Gasteiger partial charge in [0.1, 0.15) is 0 Å². The smallest absolute Gasteiger partial charge is 1.00 e. The molecule has 0 radical (unpaired) electrons. The van der Waals surface area contributed by atoms with Gasteiger partial charge in [-0.1, -0.05) is 62.1 Å². The maximum atomic E-state index is 3.30. The largest absolute Gasteiger partial charge is 4.00 e. The molecule has 0 atom stereocenters. The zero-order valence-corrected chi connectivity index (χ0v) is 18.6. The van der Waals surface area contributed by atoms with Crippen LogP contribution >= 0.6 is 0 Å². The summed E-state index contributed by atoms with van der Waals surface area (Å²) in [5.74, 6) is 0. The van der Waals surface area contributed by atoms with E-state index < -0.39 is 0 Å². The molecular weight excluding hydrogens is 426 g/mol. The van der Waals surface area contributed by atoms with Crippen molar-refractivity contribution in [2.45, 2.75) is 33.1 Å². The van der Waals surface area contributed by atoms with Crippen LogP contribution in [0.2, 0.25) is 0 Å². The minimum absolute atomic E-state index is 0. The molecule has 1 aliphatic carbocycles. The zero-order chi connectivity index (χ0) is 15.4. The van der Waals surface area contributed by atoms with E-state index in [-0.39, 0.29) is 51.0 Å². The molecule has 0 amide bonds. The van der Waals surface area contributed by atoms with Crippen LogP contribution in [0.1, 0.15) is 36.1 Å². The van der Waals surface area contributed by atoms with E-state index in [0.29, 0.717) is 0 Å². The van der Waals surface area contributed by atoms with Gasteiger partial charge in [-0.3, -0.25) is 0 Å². The number of benzene rings is 2. The summed E-state index contributed by atoms with van der Waals surface area (Å²) >= 11 is 0. The van der Waals surface area contributed by atoms with Crippen LogP contribution in [0, 0.1) is 6.07 Å². The normalized spacial score (nSPS) is 10.0.